The molecule has 0 bridgehead atoms. The van der Waals surface area contributed by atoms with Crippen molar-refractivity contribution in [2.24, 2.45) is 5.92 Å². The number of rotatable bonds is 5. The van der Waals surface area contributed by atoms with Gasteiger partial charge >= 0.3 is 0 Å². The molecular formula is C20H22N2S. The van der Waals surface area contributed by atoms with E-state index >= 15 is 0 Å². The predicted molar refractivity (Wildman–Crippen MR) is 99.3 cm³/mol. The number of hydrogen-bond acceptors (Lipinski definition) is 2. The monoisotopic (exact) mass is 322 g/mol. The first-order valence-corrected chi connectivity index (χ1v) is 8.96. The summed E-state index contributed by atoms with van der Waals surface area (Å²) < 4.78 is 2.27. The lowest BCUT2D eigenvalue weighted by molar-refractivity contribution is 0.746. The summed E-state index contributed by atoms with van der Waals surface area (Å²) in [7, 11) is 0. The number of aromatic nitrogens is 2. The molecule has 0 atom stereocenters. The molecule has 0 saturated heterocycles. The molecule has 23 heavy (non-hydrogen) atoms. The number of nitrogens with zero attached hydrogens (tertiary/aromatic N) is 2. The lowest BCUT2D eigenvalue weighted by atomic mass is 10.1. The van der Waals surface area contributed by atoms with Crippen molar-refractivity contribution in [3.63, 3.8) is 0 Å². The molecule has 0 spiro atoms. The number of imidazole rings is 1. The molecule has 3 aromatic rings. The summed E-state index contributed by atoms with van der Waals surface area (Å²) in [6, 6.07) is 19.1. The molecule has 1 aromatic heterocycles. The number of aryl methyl sites for hydroxylation is 1. The summed E-state index contributed by atoms with van der Waals surface area (Å²) in [5.41, 5.74) is 4.77. The zero-order chi connectivity index (χ0) is 16.2. The molecule has 0 N–H and O–H groups in total. The van der Waals surface area contributed by atoms with Crippen molar-refractivity contribution in [1.82, 2.24) is 9.55 Å². The van der Waals surface area contributed by atoms with Crippen molar-refractivity contribution in [1.29, 1.82) is 0 Å². The van der Waals surface area contributed by atoms with Crippen LogP contribution in [0.1, 0.15) is 19.4 Å². The minimum absolute atomic E-state index is 0.642. The molecule has 0 aliphatic rings. The maximum Gasteiger partial charge on any atom is 0.173 e. The highest BCUT2D eigenvalue weighted by molar-refractivity contribution is 7.99. The number of thioether (sulfide) groups is 1. The van der Waals surface area contributed by atoms with Gasteiger partial charge in [0.25, 0.3) is 0 Å². The molecule has 2 nitrogen and oxygen atoms in total. The molecule has 0 aliphatic heterocycles. The Morgan fingerprint density at radius 1 is 1.00 bits per heavy atom. The quantitative estimate of drug-likeness (QED) is 0.569. The van der Waals surface area contributed by atoms with Crippen LogP contribution in [0.2, 0.25) is 0 Å². The minimum Gasteiger partial charge on any atom is -0.287 e. The van der Waals surface area contributed by atoms with Gasteiger partial charge in [0.2, 0.25) is 0 Å². The average molecular weight is 322 g/mol. The standard InChI is InChI=1S/C20H22N2S/c1-15(2)14-23-20-21-13-19(17-7-5-4-6-8-17)22(20)18-11-9-16(3)10-12-18/h4-13,15H,14H2,1-3H3. The van der Waals surface area contributed by atoms with Gasteiger partial charge in [-0.3, -0.25) is 4.57 Å². The van der Waals surface area contributed by atoms with E-state index in [9.17, 15) is 0 Å². The highest BCUT2D eigenvalue weighted by atomic mass is 32.2. The molecule has 2 aromatic carbocycles. The number of benzene rings is 2. The van der Waals surface area contributed by atoms with Crippen LogP contribution in [-0.4, -0.2) is 15.3 Å². The molecule has 3 heteroatoms. The van der Waals surface area contributed by atoms with Crippen LogP contribution >= 0.6 is 11.8 Å². The van der Waals surface area contributed by atoms with E-state index in [0.717, 1.165) is 16.6 Å². The first-order chi connectivity index (χ1) is 11.1. The fraction of sp³-hybridized carbons (Fsp3) is 0.250. The Morgan fingerprint density at radius 3 is 2.35 bits per heavy atom. The third-order valence-corrected chi connectivity index (χ3v) is 5.02. The van der Waals surface area contributed by atoms with Gasteiger partial charge in [0.15, 0.2) is 5.16 Å². The molecule has 3 rings (SSSR count). The lowest BCUT2D eigenvalue weighted by Crippen LogP contribution is -2.01. The van der Waals surface area contributed by atoms with Crippen molar-refractivity contribution >= 4 is 11.8 Å². The van der Waals surface area contributed by atoms with Crippen LogP contribution < -0.4 is 0 Å². The van der Waals surface area contributed by atoms with Gasteiger partial charge in [0.05, 0.1) is 11.9 Å². The highest BCUT2D eigenvalue weighted by Crippen LogP contribution is 2.30. The van der Waals surface area contributed by atoms with E-state index in [1.165, 1.54) is 16.8 Å². The van der Waals surface area contributed by atoms with E-state index in [0.29, 0.717) is 5.92 Å². The summed E-state index contributed by atoms with van der Waals surface area (Å²) >= 11 is 1.82. The molecule has 0 saturated carbocycles. The van der Waals surface area contributed by atoms with E-state index < -0.39 is 0 Å². The lowest BCUT2D eigenvalue weighted by Gasteiger charge is -2.13. The van der Waals surface area contributed by atoms with Crippen molar-refractivity contribution in [2.75, 3.05) is 5.75 Å². The maximum absolute atomic E-state index is 4.69. The zero-order valence-corrected chi connectivity index (χ0v) is 14.7. The molecule has 0 unspecified atom stereocenters. The Kier molecular flexibility index (Phi) is 4.87. The second-order valence-corrected chi connectivity index (χ2v) is 7.16. The molecular weight excluding hydrogens is 300 g/mol. The van der Waals surface area contributed by atoms with Crippen LogP contribution in [0.4, 0.5) is 0 Å². The van der Waals surface area contributed by atoms with Crippen molar-refractivity contribution in [3.05, 3.63) is 66.4 Å². The van der Waals surface area contributed by atoms with Crippen LogP contribution in [0.25, 0.3) is 16.9 Å². The molecule has 0 amide bonds. The first-order valence-electron chi connectivity index (χ1n) is 7.98. The van der Waals surface area contributed by atoms with Gasteiger partial charge in [-0.2, -0.15) is 0 Å². The molecule has 0 aliphatic carbocycles. The summed E-state index contributed by atoms with van der Waals surface area (Å²) in [4.78, 5) is 4.69. The van der Waals surface area contributed by atoms with Crippen molar-refractivity contribution in [2.45, 2.75) is 25.9 Å². The Bertz CT molecular complexity index is 758. The maximum atomic E-state index is 4.69. The first kappa shape index (κ1) is 15.9. The third kappa shape index (κ3) is 3.67. The Balaban J connectivity index is 2.08. The van der Waals surface area contributed by atoms with Gasteiger partial charge in [-0.1, -0.05) is 73.6 Å². The predicted octanol–water partition coefficient (Wildman–Crippen LogP) is 5.60. The van der Waals surface area contributed by atoms with Gasteiger partial charge in [0, 0.05) is 17.0 Å². The third-order valence-electron chi connectivity index (χ3n) is 3.64. The van der Waals surface area contributed by atoms with Gasteiger partial charge in [-0.25, -0.2) is 4.98 Å². The SMILES string of the molecule is Cc1ccc(-n2c(-c3ccccc3)cnc2SCC(C)C)cc1. The van der Waals surface area contributed by atoms with Gasteiger partial charge in [-0.05, 0) is 25.0 Å². The minimum atomic E-state index is 0.642. The van der Waals surface area contributed by atoms with Crippen LogP contribution in [0, 0.1) is 12.8 Å². The summed E-state index contributed by atoms with van der Waals surface area (Å²) in [5, 5.41) is 1.06. The number of hydrogen-bond donors (Lipinski definition) is 0. The van der Waals surface area contributed by atoms with E-state index in [2.05, 4.69) is 78.9 Å². The Labute approximate surface area is 142 Å². The fourth-order valence-electron chi connectivity index (χ4n) is 2.43. The van der Waals surface area contributed by atoms with Crippen LogP contribution in [0.3, 0.4) is 0 Å². The summed E-state index contributed by atoms with van der Waals surface area (Å²) in [5.74, 6) is 1.71. The highest BCUT2D eigenvalue weighted by Gasteiger charge is 2.14. The van der Waals surface area contributed by atoms with E-state index in [1.807, 2.05) is 24.0 Å². The largest absolute Gasteiger partial charge is 0.287 e. The van der Waals surface area contributed by atoms with Gasteiger partial charge < -0.3 is 0 Å². The van der Waals surface area contributed by atoms with Gasteiger partial charge in [0.1, 0.15) is 0 Å². The van der Waals surface area contributed by atoms with E-state index in [4.69, 9.17) is 0 Å². The molecule has 1 heterocycles. The van der Waals surface area contributed by atoms with Crippen LogP contribution in [-0.2, 0) is 0 Å². The zero-order valence-electron chi connectivity index (χ0n) is 13.9. The topological polar surface area (TPSA) is 17.8 Å². The van der Waals surface area contributed by atoms with Crippen molar-refractivity contribution < 1.29 is 0 Å². The van der Waals surface area contributed by atoms with Crippen LogP contribution in [0.15, 0.2) is 66.0 Å². The second kappa shape index (κ2) is 7.05. The van der Waals surface area contributed by atoms with E-state index in [1.54, 1.807) is 0 Å². The van der Waals surface area contributed by atoms with E-state index in [-0.39, 0.29) is 0 Å². The van der Waals surface area contributed by atoms with Crippen LogP contribution in [0.5, 0.6) is 0 Å². The Hall–Kier alpha value is -2.00. The molecule has 118 valence electrons. The average Bonchev–Trinajstić information content (AvgIpc) is 2.98. The fourth-order valence-corrected chi connectivity index (χ4v) is 3.38. The second-order valence-electron chi connectivity index (χ2n) is 6.17. The summed E-state index contributed by atoms with van der Waals surface area (Å²) in [6.07, 6.45) is 1.98. The van der Waals surface area contributed by atoms with Crippen molar-refractivity contribution in [3.8, 4) is 16.9 Å². The normalized spacial score (nSPS) is 11.1. The molecule has 0 radical (unpaired) electrons. The smallest absolute Gasteiger partial charge is 0.173 e. The molecule has 0 fully saturated rings. The summed E-state index contributed by atoms with van der Waals surface area (Å²) in [6.45, 7) is 6.60. The Morgan fingerprint density at radius 2 is 1.70 bits per heavy atom. The van der Waals surface area contributed by atoms with Gasteiger partial charge in [-0.15, -0.1) is 0 Å².